The van der Waals surface area contributed by atoms with Gasteiger partial charge in [0.15, 0.2) is 0 Å². The first kappa shape index (κ1) is 19.6. The Morgan fingerprint density at radius 1 is 1.20 bits per heavy atom. The average molecular weight is 365 g/mol. The van der Waals surface area contributed by atoms with Gasteiger partial charge in [0, 0.05) is 34.9 Å². The van der Waals surface area contributed by atoms with Crippen LogP contribution in [0.15, 0.2) is 18.2 Å². The van der Waals surface area contributed by atoms with Crippen LogP contribution in [-0.4, -0.2) is 27.4 Å². The first-order valence-corrected chi connectivity index (χ1v) is 10.5. The number of carbonyl (C=O) groups excluding carboxylic acids is 1. The molecule has 1 fully saturated rings. The number of anilines is 1. The third-order valence-electron chi connectivity index (χ3n) is 5.09. The number of carboxylic acid groups (broad SMARTS) is 1. The summed E-state index contributed by atoms with van der Waals surface area (Å²) < 4.78 is 11.5. The van der Waals surface area contributed by atoms with Gasteiger partial charge >= 0.3 is 5.97 Å². The van der Waals surface area contributed by atoms with E-state index in [-0.39, 0.29) is 12.3 Å². The standard InChI is InChI=1S/C19H27NO4S/c1-14-15(13-25(2)24)8-7-9-16(14)20-17(21)12-19(18(22)23)10-5-3-4-6-11-19/h7-9H,3-6,10-13H2,1-2H3,(H,20,21)(H,22,23). The van der Waals surface area contributed by atoms with Gasteiger partial charge in [-0.05, 0) is 37.0 Å². The number of hydrogen-bond acceptors (Lipinski definition) is 3. The molecule has 0 aliphatic heterocycles. The summed E-state index contributed by atoms with van der Waals surface area (Å²) in [6, 6.07) is 5.52. The predicted molar refractivity (Wildman–Crippen MR) is 100.0 cm³/mol. The molecule has 0 saturated heterocycles. The zero-order chi connectivity index (χ0) is 18.4. The molecule has 1 saturated carbocycles. The lowest BCUT2D eigenvalue weighted by Gasteiger charge is -2.27. The van der Waals surface area contributed by atoms with E-state index in [1.165, 1.54) is 0 Å². The monoisotopic (exact) mass is 365 g/mol. The third-order valence-corrected chi connectivity index (χ3v) is 5.81. The zero-order valence-electron chi connectivity index (χ0n) is 15.0. The van der Waals surface area contributed by atoms with Crippen LogP contribution in [0.2, 0.25) is 0 Å². The molecule has 1 atom stereocenters. The molecule has 0 bridgehead atoms. The highest BCUT2D eigenvalue weighted by Crippen LogP contribution is 2.38. The van der Waals surface area contributed by atoms with Crippen molar-refractivity contribution in [1.29, 1.82) is 0 Å². The van der Waals surface area contributed by atoms with Crippen molar-refractivity contribution in [2.75, 3.05) is 11.6 Å². The van der Waals surface area contributed by atoms with Crippen LogP contribution in [0.4, 0.5) is 5.69 Å². The second kappa shape index (κ2) is 8.61. The minimum Gasteiger partial charge on any atom is -0.481 e. The highest BCUT2D eigenvalue weighted by Gasteiger charge is 2.40. The molecule has 1 amide bonds. The van der Waals surface area contributed by atoms with Crippen molar-refractivity contribution >= 4 is 28.4 Å². The molecule has 0 heterocycles. The lowest BCUT2D eigenvalue weighted by Crippen LogP contribution is -2.35. The Morgan fingerprint density at radius 2 is 1.84 bits per heavy atom. The van der Waals surface area contributed by atoms with E-state index in [9.17, 15) is 18.9 Å². The normalized spacial score (nSPS) is 18.2. The van der Waals surface area contributed by atoms with Gasteiger partial charge in [-0.15, -0.1) is 0 Å². The number of carboxylic acids is 1. The molecule has 1 aromatic rings. The first-order valence-electron chi connectivity index (χ1n) is 8.76. The zero-order valence-corrected chi connectivity index (χ0v) is 15.8. The van der Waals surface area contributed by atoms with Crippen molar-refractivity contribution in [3.63, 3.8) is 0 Å². The maximum Gasteiger partial charge on any atom is 0.310 e. The van der Waals surface area contributed by atoms with Gasteiger partial charge in [-0.2, -0.15) is 0 Å². The van der Waals surface area contributed by atoms with E-state index in [0.29, 0.717) is 24.3 Å². The van der Waals surface area contributed by atoms with E-state index in [4.69, 9.17) is 0 Å². The minimum atomic E-state index is -0.959. The van der Waals surface area contributed by atoms with Crippen molar-refractivity contribution in [3.05, 3.63) is 29.3 Å². The topological polar surface area (TPSA) is 83.5 Å². The number of aliphatic carboxylic acids is 1. The molecule has 0 spiro atoms. The minimum absolute atomic E-state index is 0.00566. The van der Waals surface area contributed by atoms with Crippen LogP contribution in [0.5, 0.6) is 0 Å². The molecule has 6 heteroatoms. The highest BCUT2D eigenvalue weighted by atomic mass is 32.2. The molecule has 1 aliphatic carbocycles. The van der Waals surface area contributed by atoms with Crippen molar-refractivity contribution in [2.45, 2.75) is 57.6 Å². The number of amides is 1. The van der Waals surface area contributed by atoms with E-state index < -0.39 is 22.2 Å². The molecule has 1 aliphatic rings. The summed E-state index contributed by atoms with van der Waals surface area (Å²) >= 11 is 0. The predicted octanol–water partition coefficient (Wildman–Crippen LogP) is 3.63. The van der Waals surface area contributed by atoms with Crippen LogP contribution in [0.3, 0.4) is 0 Å². The first-order chi connectivity index (χ1) is 11.8. The van der Waals surface area contributed by atoms with Crippen LogP contribution >= 0.6 is 0 Å². The lowest BCUT2D eigenvalue weighted by atomic mass is 9.77. The second-order valence-corrected chi connectivity index (χ2v) is 8.47. The van der Waals surface area contributed by atoms with E-state index in [1.807, 2.05) is 19.1 Å². The number of carbonyl (C=O) groups is 2. The van der Waals surface area contributed by atoms with Gasteiger partial charge in [-0.25, -0.2) is 0 Å². The molecule has 1 aromatic carbocycles. The van der Waals surface area contributed by atoms with Gasteiger partial charge in [-0.3, -0.25) is 13.8 Å². The fraction of sp³-hybridized carbons (Fsp3) is 0.579. The van der Waals surface area contributed by atoms with Gasteiger partial charge < -0.3 is 10.4 Å². The second-order valence-electron chi connectivity index (χ2n) is 7.03. The van der Waals surface area contributed by atoms with Gasteiger partial charge in [0.2, 0.25) is 5.91 Å². The Hall–Kier alpha value is -1.69. The van der Waals surface area contributed by atoms with Crippen molar-refractivity contribution in [3.8, 4) is 0 Å². The fourth-order valence-corrected chi connectivity index (χ4v) is 4.32. The largest absolute Gasteiger partial charge is 0.481 e. The van der Waals surface area contributed by atoms with Gasteiger partial charge in [-0.1, -0.05) is 37.8 Å². The number of nitrogens with one attached hydrogen (secondary N) is 1. The summed E-state index contributed by atoms with van der Waals surface area (Å²) in [5, 5.41) is 12.6. The Bertz CT molecular complexity index is 663. The Labute approximate surface area is 151 Å². The van der Waals surface area contributed by atoms with Gasteiger partial charge in [0.25, 0.3) is 0 Å². The molecule has 0 radical (unpaired) electrons. The summed E-state index contributed by atoms with van der Waals surface area (Å²) in [6.07, 6.45) is 6.55. The Kier molecular flexibility index (Phi) is 6.76. The summed E-state index contributed by atoms with van der Waals surface area (Å²) in [7, 11) is -0.959. The molecule has 1 unspecified atom stereocenters. The number of rotatable bonds is 6. The Morgan fingerprint density at radius 3 is 2.40 bits per heavy atom. The van der Waals surface area contributed by atoms with Gasteiger partial charge in [0.05, 0.1) is 5.41 Å². The molecule has 0 aromatic heterocycles. The smallest absolute Gasteiger partial charge is 0.310 e. The van der Waals surface area contributed by atoms with Crippen molar-refractivity contribution in [2.24, 2.45) is 5.41 Å². The quantitative estimate of drug-likeness (QED) is 0.754. The fourth-order valence-electron chi connectivity index (χ4n) is 3.57. The molecule has 2 rings (SSSR count). The molecule has 2 N–H and O–H groups in total. The average Bonchev–Trinajstić information content (AvgIpc) is 2.77. The summed E-state index contributed by atoms with van der Waals surface area (Å²) in [5.41, 5.74) is 1.54. The van der Waals surface area contributed by atoms with E-state index in [1.54, 1.807) is 12.3 Å². The third kappa shape index (κ3) is 5.14. The summed E-state index contributed by atoms with van der Waals surface area (Å²) in [5.74, 6) is -0.687. The molecular formula is C19H27NO4S. The number of hydrogen-bond donors (Lipinski definition) is 2. The number of benzene rings is 1. The lowest BCUT2D eigenvalue weighted by molar-refractivity contribution is -0.152. The van der Waals surface area contributed by atoms with Crippen LogP contribution in [0.25, 0.3) is 0 Å². The van der Waals surface area contributed by atoms with Crippen molar-refractivity contribution in [1.82, 2.24) is 0 Å². The SMILES string of the molecule is Cc1c(CS(C)=O)cccc1NC(=O)CC1(C(=O)O)CCCCCC1. The van der Waals surface area contributed by atoms with Crippen LogP contribution in [0, 0.1) is 12.3 Å². The molecule has 5 nitrogen and oxygen atoms in total. The highest BCUT2D eigenvalue weighted by molar-refractivity contribution is 7.83. The van der Waals surface area contributed by atoms with Crippen LogP contribution in [-0.2, 0) is 26.1 Å². The van der Waals surface area contributed by atoms with Crippen molar-refractivity contribution < 1.29 is 18.9 Å². The molecular weight excluding hydrogens is 338 g/mol. The maximum atomic E-state index is 12.6. The Balaban J connectivity index is 2.13. The molecule has 25 heavy (non-hydrogen) atoms. The molecule has 138 valence electrons. The summed E-state index contributed by atoms with van der Waals surface area (Å²) in [4.78, 5) is 24.4. The van der Waals surface area contributed by atoms with E-state index in [2.05, 4.69) is 5.32 Å². The van der Waals surface area contributed by atoms with Gasteiger partial charge in [0.1, 0.15) is 0 Å². The van der Waals surface area contributed by atoms with Crippen LogP contribution in [0.1, 0.15) is 56.1 Å². The maximum absolute atomic E-state index is 12.6. The van der Waals surface area contributed by atoms with E-state index >= 15 is 0 Å². The summed E-state index contributed by atoms with van der Waals surface area (Å²) in [6.45, 7) is 1.89. The van der Waals surface area contributed by atoms with E-state index in [0.717, 1.165) is 36.8 Å². The van der Waals surface area contributed by atoms with Crippen LogP contribution < -0.4 is 5.32 Å².